The normalized spacial score (nSPS) is 10.9. The smallest absolute Gasteiger partial charge is 0.128 e. The highest BCUT2D eigenvalue weighted by atomic mass is 127. The Morgan fingerprint density at radius 3 is 2.47 bits per heavy atom. The van der Waals surface area contributed by atoms with E-state index < -0.39 is 0 Å². The average Bonchev–Trinajstić information content (AvgIpc) is 2.33. The van der Waals surface area contributed by atoms with E-state index in [9.17, 15) is 5.11 Å². The molecule has 0 heterocycles. The van der Waals surface area contributed by atoms with Gasteiger partial charge < -0.3 is 5.11 Å². The van der Waals surface area contributed by atoms with Crippen molar-refractivity contribution >= 4 is 50.4 Å². The molecule has 0 aromatic heterocycles. The quantitative estimate of drug-likeness (QED) is 0.582. The van der Waals surface area contributed by atoms with Crippen LogP contribution in [-0.2, 0) is 0 Å². The summed E-state index contributed by atoms with van der Waals surface area (Å²) in [5, 5.41) is 9.40. The van der Waals surface area contributed by atoms with Gasteiger partial charge >= 0.3 is 0 Å². The van der Waals surface area contributed by atoms with Gasteiger partial charge in [0, 0.05) is 10.7 Å². The van der Waals surface area contributed by atoms with Crippen LogP contribution < -0.4 is 0 Å². The van der Waals surface area contributed by atoms with Crippen LogP contribution in [0.25, 0.3) is 0 Å². The molecule has 0 atom stereocenters. The van der Waals surface area contributed by atoms with Crippen molar-refractivity contribution in [2.75, 3.05) is 0 Å². The fourth-order valence-electron chi connectivity index (χ4n) is 1.28. The Hall–Kier alpha value is -0.880. The molecule has 2 rings (SSSR count). The zero-order valence-electron chi connectivity index (χ0n) is 8.77. The first-order valence-electron chi connectivity index (χ1n) is 4.93. The van der Waals surface area contributed by atoms with E-state index in [1.54, 1.807) is 12.3 Å². The molecule has 0 saturated carbocycles. The summed E-state index contributed by atoms with van der Waals surface area (Å²) in [7, 11) is 0. The van der Waals surface area contributed by atoms with Crippen molar-refractivity contribution in [3.8, 4) is 5.75 Å². The van der Waals surface area contributed by atoms with Crippen molar-refractivity contribution in [3.63, 3.8) is 0 Å². The van der Waals surface area contributed by atoms with Gasteiger partial charge in [-0.3, -0.25) is 4.99 Å². The molecule has 17 heavy (non-hydrogen) atoms. The van der Waals surface area contributed by atoms with E-state index >= 15 is 0 Å². The van der Waals surface area contributed by atoms with Crippen LogP contribution in [-0.4, -0.2) is 11.3 Å². The summed E-state index contributed by atoms with van der Waals surface area (Å²) in [4.78, 5) is 4.36. The van der Waals surface area contributed by atoms with Crippen molar-refractivity contribution in [3.05, 3.63) is 56.1 Å². The summed E-state index contributed by atoms with van der Waals surface area (Å²) >= 11 is 5.47. The number of halogens is 2. The largest absolute Gasteiger partial charge is 0.507 e. The molecule has 0 aliphatic heterocycles. The lowest BCUT2D eigenvalue weighted by Gasteiger charge is -1.98. The molecule has 0 amide bonds. The van der Waals surface area contributed by atoms with Crippen LogP contribution in [0, 0.1) is 3.57 Å². The Kier molecular flexibility index (Phi) is 4.17. The highest BCUT2D eigenvalue weighted by Gasteiger charge is 1.97. The predicted molar refractivity (Wildman–Crippen MR) is 82.2 cm³/mol. The molecule has 0 spiro atoms. The third-order valence-electron chi connectivity index (χ3n) is 2.16. The molecule has 2 aromatic carbocycles. The molecule has 0 saturated heterocycles. The predicted octanol–water partition coefficient (Wildman–Crippen LogP) is 4.51. The monoisotopic (exact) mass is 401 g/mol. The number of aliphatic imine (C=N–C) groups is 1. The average molecular weight is 402 g/mol. The van der Waals surface area contributed by atoms with Gasteiger partial charge in [-0.1, -0.05) is 15.9 Å². The lowest BCUT2D eigenvalue weighted by atomic mass is 10.2. The topological polar surface area (TPSA) is 32.6 Å². The van der Waals surface area contributed by atoms with Gasteiger partial charge in [-0.2, -0.15) is 0 Å². The van der Waals surface area contributed by atoms with Crippen LogP contribution in [0.2, 0.25) is 0 Å². The number of hydrogen-bond acceptors (Lipinski definition) is 2. The minimum atomic E-state index is 0.298. The second-order valence-corrected chi connectivity index (χ2v) is 5.52. The van der Waals surface area contributed by atoms with Gasteiger partial charge in [0.15, 0.2) is 0 Å². The second-order valence-electron chi connectivity index (χ2n) is 3.45. The Morgan fingerprint density at radius 1 is 1.12 bits per heavy atom. The Morgan fingerprint density at radius 2 is 1.82 bits per heavy atom. The molecule has 0 fully saturated rings. The molecule has 0 radical (unpaired) electrons. The van der Waals surface area contributed by atoms with Gasteiger partial charge in [-0.15, -0.1) is 0 Å². The maximum Gasteiger partial charge on any atom is 0.128 e. The fourth-order valence-corrected chi connectivity index (χ4v) is 2.08. The van der Waals surface area contributed by atoms with Crippen molar-refractivity contribution < 1.29 is 5.11 Å². The molecule has 0 aliphatic carbocycles. The van der Waals surface area contributed by atoms with E-state index in [-0.39, 0.29) is 0 Å². The van der Waals surface area contributed by atoms with E-state index in [1.807, 2.05) is 36.4 Å². The van der Waals surface area contributed by atoms with Crippen molar-refractivity contribution in [1.82, 2.24) is 0 Å². The van der Waals surface area contributed by atoms with Crippen LogP contribution in [0.1, 0.15) is 5.56 Å². The van der Waals surface area contributed by atoms with Gasteiger partial charge in [-0.05, 0) is 70.6 Å². The molecular weight excluding hydrogens is 393 g/mol. The van der Waals surface area contributed by atoms with E-state index in [2.05, 4.69) is 43.5 Å². The SMILES string of the molecule is Oc1ccc(C=Nc2ccc(Br)cc2)cc1I. The van der Waals surface area contributed by atoms with E-state index in [0.717, 1.165) is 19.3 Å². The van der Waals surface area contributed by atoms with E-state index in [4.69, 9.17) is 0 Å². The first-order valence-corrected chi connectivity index (χ1v) is 6.80. The third kappa shape index (κ3) is 3.54. The summed E-state index contributed by atoms with van der Waals surface area (Å²) in [6.45, 7) is 0. The minimum absolute atomic E-state index is 0.298. The summed E-state index contributed by atoms with van der Waals surface area (Å²) in [5.74, 6) is 0.298. The Balaban J connectivity index is 2.20. The highest BCUT2D eigenvalue weighted by molar-refractivity contribution is 14.1. The van der Waals surface area contributed by atoms with E-state index in [1.165, 1.54) is 0 Å². The standard InChI is InChI=1S/C13H9BrINO/c14-10-2-4-11(5-3-10)16-8-9-1-6-13(17)12(15)7-9/h1-8,17H. The van der Waals surface area contributed by atoms with Crippen LogP contribution >= 0.6 is 38.5 Å². The molecule has 0 unspecified atom stereocenters. The van der Waals surface area contributed by atoms with Crippen LogP contribution in [0.4, 0.5) is 5.69 Å². The molecule has 86 valence electrons. The molecule has 0 aliphatic rings. The summed E-state index contributed by atoms with van der Waals surface area (Å²) in [6.07, 6.45) is 1.78. The lowest BCUT2D eigenvalue weighted by molar-refractivity contribution is 0.471. The lowest BCUT2D eigenvalue weighted by Crippen LogP contribution is -1.82. The number of rotatable bonds is 2. The van der Waals surface area contributed by atoms with Crippen molar-refractivity contribution in [2.24, 2.45) is 4.99 Å². The van der Waals surface area contributed by atoms with E-state index in [0.29, 0.717) is 5.75 Å². The van der Waals surface area contributed by atoms with Crippen LogP contribution in [0.15, 0.2) is 51.9 Å². The number of phenolic OH excluding ortho intramolecular Hbond substituents is 1. The molecular formula is C13H9BrINO. The van der Waals surface area contributed by atoms with Gasteiger partial charge in [0.1, 0.15) is 5.75 Å². The van der Waals surface area contributed by atoms with Crippen molar-refractivity contribution in [2.45, 2.75) is 0 Å². The summed E-state index contributed by atoms with van der Waals surface area (Å²) in [5.41, 5.74) is 1.87. The fraction of sp³-hybridized carbons (Fsp3) is 0. The number of nitrogens with zero attached hydrogens (tertiary/aromatic N) is 1. The molecule has 2 nitrogen and oxygen atoms in total. The Bertz CT molecular complexity index is 552. The molecule has 0 bridgehead atoms. The number of benzene rings is 2. The number of phenols is 1. The first-order chi connectivity index (χ1) is 8.15. The molecule has 4 heteroatoms. The van der Waals surface area contributed by atoms with Crippen LogP contribution in [0.3, 0.4) is 0 Å². The third-order valence-corrected chi connectivity index (χ3v) is 3.55. The summed E-state index contributed by atoms with van der Waals surface area (Å²) in [6, 6.07) is 13.2. The maximum atomic E-state index is 9.40. The van der Waals surface area contributed by atoms with Gasteiger partial charge in [0.05, 0.1) is 9.26 Å². The maximum absolute atomic E-state index is 9.40. The highest BCUT2D eigenvalue weighted by Crippen LogP contribution is 2.20. The van der Waals surface area contributed by atoms with Gasteiger partial charge in [0.25, 0.3) is 0 Å². The zero-order valence-corrected chi connectivity index (χ0v) is 12.5. The van der Waals surface area contributed by atoms with Crippen LogP contribution in [0.5, 0.6) is 5.75 Å². The number of aromatic hydroxyl groups is 1. The first kappa shape index (κ1) is 12.6. The van der Waals surface area contributed by atoms with Crippen molar-refractivity contribution in [1.29, 1.82) is 0 Å². The second kappa shape index (κ2) is 5.64. The zero-order chi connectivity index (χ0) is 12.3. The molecule has 2 aromatic rings. The van der Waals surface area contributed by atoms with Gasteiger partial charge in [-0.25, -0.2) is 0 Å². The Labute approximate surface area is 122 Å². The summed E-state index contributed by atoms with van der Waals surface area (Å²) < 4.78 is 1.86. The number of hydrogen-bond donors (Lipinski definition) is 1. The van der Waals surface area contributed by atoms with Gasteiger partial charge in [0.2, 0.25) is 0 Å². The minimum Gasteiger partial charge on any atom is -0.507 e. The molecule has 1 N–H and O–H groups in total.